The van der Waals surface area contributed by atoms with Gasteiger partial charge in [0.15, 0.2) is 0 Å². The zero-order valence-corrected chi connectivity index (χ0v) is 19.6. The second-order valence-electron chi connectivity index (χ2n) is 5.90. The molecule has 0 aliphatic carbocycles. The van der Waals surface area contributed by atoms with Crippen molar-refractivity contribution in [3.8, 4) is 0 Å². The van der Waals surface area contributed by atoms with Gasteiger partial charge in [0.05, 0.1) is 0 Å². The minimum atomic E-state index is 0. The van der Waals surface area contributed by atoms with Crippen LogP contribution >= 0.6 is 11.6 Å². The number of halogens is 1. The van der Waals surface area contributed by atoms with Crippen LogP contribution < -0.4 is 0 Å². The monoisotopic (exact) mass is 441 g/mol. The van der Waals surface area contributed by atoms with E-state index in [1.165, 1.54) is 39.1 Å². The van der Waals surface area contributed by atoms with E-state index in [0.29, 0.717) is 0 Å². The molecule has 0 heterocycles. The van der Waals surface area contributed by atoms with Gasteiger partial charge in [-0.25, -0.2) is 0 Å². The molecule has 0 bridgehead atoms. The molecule has 0 N–H and O–H groups in total. The normalized spacial score (nSPS) is 9.00. The Morgan fingerprint density at radius 1 is 0.692 bits per heavy atom. The smallest absolute Gasteiger partial charge is 0.335 e. The second-order valence-corrected chi connectivity index (χ2v) is 5.90. The SMILES string of the molecule is CCl.C[CH-]C.Cc1cc2ccccc2[cH-]1.Cc1cc2ccccc2[cH-]1.[Zr+3]. The Morgan fingerprint density at radius 3 is 1.31 bits per heavy atom. The van der Waals surface area contributed by atoms with E-state index in [1.54, 1.807) is 0 Å². The average Bonchev–Trinajstić information content (AvgIpc) is 3.18. The van der Waals surface area contributed by atoms with Crippen LogP contribution in [0.2, 0.25) is 0 Å². The number of rotatable bonds is 0. The first-order valence-electron chi connectivity index (χ1n) is 8.50. The molecule has 0 aliphatic heterocycles. The van der Waals surface area contributed by atoms with Crippen LogP contribution in [0.5, 0.6) is 0 Å². The summed E-state index contributed by atoms with van der Waals surface area (Å²) >= 11 is 4.64. The standard InChI is InChI=1S/2C10H9.C3H7.CH3Cl.Zr/c2*1-8-6-9-4-2-3-5-10(9)7-8;1-3-2;1-2;/h2*2-7H,1H3;3H,1-2H3;1H3;/q3*-1;;+3. The Balaban J connectivity index is 0.000000376. The fraction of sp³-hybridized carbons (Fsp3) is 0.208. The predicted octanol–water partition coefficient (Wildman–Crippen LogP) is 7.82. The van der Waals surface area contributed by atoms with Crippen LogP contribution in [0.15, 0.2) is 72.8 Å². The molecule has 1 radical (unpaired) electrons. The number of fused-ring (bicyclic) bond motifs is 2. The first-order valence-corrected chi connectivity index (χ1v) is 9.25. The van der Waals surface area contributed by atoms with Crippen LogP contribution in [0.1, 0.15) is 25.0 Å². The molecule has 4 aromatic carbocycles. The Hall–Kier alpha value is -1.17. The summed E-state index contributed by atoms with van der Waals surface area (Å²) in [5, 5.41) is 5.39. The summed E-state index contributed by atoms with van der Waals surface area (Å²) in [7, 11) is 0. The number of benzene rings is 2. The van der Waals surface area contributed by atoms with E-state index in [9.17, 15) is 0 Å². The molecule has 0 unspecified atom stereocenters. The van der Waals surface area contributed by atoms with Gasteiger partial charge in [0.1, 0.15) is 0 Å². The Labute approximate surface area is 183 Å². The first-order chi connectivity index (χ1) is 12.1. The summed E-state index contributed by atoms with van der Waals surface area (Å²) < 4.78 is 0. The summed E-state index contributed by atoms with van der Waals surface area (Å²) in [6, 6.07) is 25.7. The molecular formula is C24H28ClZr. The minimum Gasteiger partial charge on any atom is -0.335 e. The van der Waals surface area contributed by atoms with E-state index in [4.69, 9.17) is 0 Å². The molecule has 0 nitrogen and oxygen atoms in total. The van der Waals surface area contributed by atoms with Crippen molar-refractivity contribution in [3.63, 3.8) is 0 Å². The molecule has 0 fully saturated rings. The van der Waals surface area contributed by atoms with Gasteiger partial charge < -0.3 is 6.42 Å². The summed E-state index contributed by atoms with van der Waals surface area (Å²) in [4.78, 5) is 0. The number of hydrogen-bond acceptors (Lipinski definition) is 0. The molecule has 0 saturated carbocycles. The summed E-state index contributed by atoms with van der Waals surface area (Å²) in [6.07, 6.45) is 3.47. The van der Waals surface area contributed by atoms with E-state index in [2.05, 4.69) is 98.2 Å². The fourth-order valence-corrected chi connectivity index (χ4v) is 2.61. The van der Waals surface area contributed by atoms with Crippen molar-refractivity contribution in [1.82, 2.24) is 0 Å². The number of hydrogen-bond donors (Lipinski definition) is 0. The zero-order valence-electron chi connectivity index (χ0n) is 16.4. The van der Waals surface area contributed by atoms with Crippen LogP contribution in [-0.4, -0.2) is 6.38 Å². The molecular weight excluding hydrogens is 415 g/mol. The van der Waals surface area contributed by atoms with Gasteiger partial charge in [-0.05, 0) is 0 Å². The minimum absolute atomic E-state index is 0. The van der Waals surface area contributed by atoms with E-state index < -0.39 is 0 Å². The van der Waals surface area contributed by atoms with Crippen molar-refractivity contribution in [2.75, 3.05) is 6.38 Å². The van der Waals surface area contributed by atoms with Gasteiger partial charge in [0, 0.05) is 6.38 Å². The molecule has 4 rings (SSSR count). The molecule has 0 spiro atoms. The van der Waals surface area contributed by atoms with E-state index in [0.717, 1.165) is 0 Å². The van der Waals surface area contributed by atoms with Crippen LogP contribution in [0, 0.1) is 20.3 Å². The molecule has 0 amide bonds. The molecule has 135 valence electrons. The molecule has 2 heteroatoms. The largest absolute Gasteiger partial charge is 3.00 e. The third-order valence-corrected chi connectivity index (χ3v) is 3.52. The maximum Gasteiger partial charge on any atom is 3.00 e. The van der Waals surface area contributed by atoms with Gasteiger partial charge in [-0.2, -0.15) is 26.0 Å². The van der Waals surface area contributed by atoms with Gasteiger partial charge in [-0.1, -0.05) is 26.0 Å². The van der Waals surface area contributed by atoms with Crippen molar-refractivity contribution < 1.29 is 26.2 Å². The quantitative estimate of drug-likeness (QED) is 0.192. The summed E-state index contributed by atoms with van der Waals surface area (Å²) in [5.74, 6) is 0. The zero-order chi connectivity index (χ0) is 18.7. The second kappa shape index (κ2) is 14.0. The van der Waals surface area contributed by atoms with E-state index in [1.807, 2.05) is 20.3 Å². The molecule has 0 atom stereocenters. The van der Waals surface area contributed by atoms with Crippen LogP contribution in [0.3, 0.4) is 0 Å². The van der Waals surface area contributed by atoms with Crippen molar-refractivity contribution in [1.29, 1.82) is 0 Å². The van der Waals surface area contributed by atoms with Crippen LogP contribution in [0.25, 0.3) is 21.5 Å². The maximum absolute atomic E-state index is 4.64. The maximum atomic E-state index is 4.64. The first kappa shape index (κ1) is 24.8. The van der Waals surface area contributed by atoms with E-state index in [-0.39, 0.29) is 26.2 Å². The van der Waals surface area contributed by atoms with Crippen molar-refractivity contribution in [2.24, 2.45) is 0 Å². The van der Waals surface area contributed by atoms with Crippen molar-refractivity contribution in [3.05, 3.63) is 90.3 Å². The van der Waals surface area contributed by atoms with Gasteiger partial charge in [-0.3, -0.25) is 0 Å². The third kappa shape index (κ3) is 8.02. The number of aryl methyl sites for hydroxylation is 2. The Bertz CT molecular complexity index is 717. The van der Waals surface area contributed by atoms with Gasteiger partial charge in [0.25, 0.3) is 0 Å². The van der Waals surface area contributed by atoms with Crippen molar-refractivity contribution >= 4 is 33.1 Å². The number of alkyl halides is 1. The van der Waals surface area contributed by atoms with Gasteiger partial charge in [-0.15, -0.1) is 92.8 Å². The third-order valence-electron chi connectivity index (χ3n) is 3.52. The molecule has 0 saturated heterocycles. The predicted molar refractivity (Wildman–Crippen MR) is 116 cm³/mol. The topological polar surface area (TPSA) is 0 Å². The summed E-state index contributed by atoms with van der Waals surface area (Å²) in [5.41, 5.74) is 2.70. The summed E-state index contributed by atoms with van der Waals surface area (Å²) in [6.45, 7) is 8.25. The molecule has 0 aromatic heterocycles. The van der Waals surface area contributed by atoms with Crippen molar-refractivity contribution in [2.45, 2.75) is 27.7 Å². The van der Waals surface area contributed by atoms with Gasteiger partial charge >= 0.3 is 26.2 Å². The molecule has 4 aromatic rings. The van der Waals surface area contributed by atoms with Crippen LogP contribution in [0.4, 0.5) is 0 Å². The van der Waals surface area contributed by atoms with Gasteiger partial charge in [0.2, 0.25) is 0 Å². The Morgan fingerprint density at radius 2 is 1.00 bits per heavy atom. The fourth-order valence-electron chi connectivity index (χ4n) is 2.61. The molecule has 26 heavy (non-hydrogen) atoms. The molecule has 0 aliphatic rings. The van der Waals surface area contributed by atoms with E-state index >= 15 is 0 Å². The van der Waals surface area contributed by atoms with Crippen LogP contribution in [-0.2, 0) is 26.2 Å². The average molecular weight is 443 g/mol. The Kier molecular flexibility index (Phi) is 13.3.